The van der Waals surface area contributed by atoms with Crippen molar-refractivity contribution >= 4 is 17.6 Å². The number of hydrazone groups is 1. The molecular weight excluding hydrogens is 536 g/mol. The topological polar surface area (TPSA) is 59.1 Å². The summed E-state index contributed by atoms with van der Waals surface area (Å²) >= 11 is 0. The summed E-state index contributed by atoms with van der Waals surface area (Å²) in [7, 11) is 0. The van der Waals surface area contributed by atoms with Gasteiger partial charge in [-0.1, -0.05) is 61.3 Å². The van der Waals surface area contributed by atoms with Crippen LogP contribution >= 0.6 is 0 Å². The number of nitrogens with zero attached hydrogens (tertiary/aromatic N) is 2. The fraction of sp³-hybridized carbons (Fsp3) is 0.270. The normalized spacial score (nSPS) is 29.1. The molecule has 216 valence electrons. The second-order valence-corrected chi connectivity index (χ2v) is 11.8. The summed E-state index contributed by atoms with van der Waals surface area (Å²) in [6.45, 7) is 6.64. The molecule has 0 amide bonds. The number of ether oxygens (including phenoxy) is 4. The fourth-order valence-corrected chi connectivity index (χ4v) is 6.86. The minimum absolute atomic E-state index is 0.0781. The molecule has 5 aliphatic carbocycles. The number of allylic oxidation sites excluding steroid dienone is 13. The Morgan fingerprint density at radius 3 is 2.16 bits per heavy atom. The highest BCUT2D eigenvalue weighted by Gasteiger charge is 2.61. The Labute approximate surface area is 252 Å². The van der Waals surface area contributed by atoms with Crippen LogP contribution in [0.2, 0.25) is 0 Å². The van der Waals surface area contributed by atoms with E-state index in [0.29, 0.717) is 25.0 Å². The lowest BCUT2D eigenvalue weighted by Gasteiger charge is -2.62. The van der Waals surface area contributed by atoms with E-state index in [0.717, 1.165) is 42.5 Å². The predicted octanol–water partition coefficient (Wildman–Crippen LogP) is 7.03. The smallest absolute Gasteiger partial charge is 0.119 e. The molecule has 2 aromatic carbocycles. The summed E-state index contributed by atoms with van der Waals surface area (Å²) in [5, 5.41) is 7.16. The van der Waals surface area contributed by atoms with E-state index in [2.05, 4.69) is 55.3 Å². The van der Waals surface area contributed by atoms with Crippen LogP contribution in [-0.4, -0.2) is 44.9 Å². The van der Waals surface area contributed by atoms with Gasteiger partial charge in [0.2, 0.25) is 0 Å². The predicted molar refractivity (Wildman–Crippen MR) is 169 cm³/mol. The van der Waals surface area contributed by atoms with Gasteiger partial charge < -0.3 is 18.9 Å². The van der Waals surface area contributed by atoms with Crippen LogP contribution in [0.15, 0.2) is 137 Å². The number of benzene rings is 2. The zero-order valence-corrected chi connectivity index (χ0v) is 24.0. The molecule has 2 aromatic rings. The minimum atomic E-state index is 0.0781. The second-order valence-electron chi connectivity index (χ2n) is 11.8. The van der Waals surface area contributed by atoms with Gasteiger partial charge >= 0.3 is 0 Å². The summed E-state index contributed by atoms with van der Waals surface area (Å²) in [6.07, 6.45) is 23.3. The lowest BCUT2D eigenvalue weighted by Crippen LogP contribution is -2.55. The number of anilines is 2. The highest BCUT2D eigenvalue weighted by atomic mass is 16.6. The van der Waals surface area contributed by atoms with Gasteiger partial charge in [0, 0.05) is 5.41 Å². The van der Waals surface area contributed by atoms with Crippen LogP contribution in [0.25, 0.3) is 0 Å². The molecule has 0 N–H and O–H groups in total. The van der Waals surface area contributed by atoms with Gasteiger partial charge in [0.05, 0.1) is 30.8 Å². The number of hydrogen-bond donors (Lipinski definition) is 0. The van der Waals surface area contributed by atoms with Crippen molar-refractivity contribution in [2.24, 2.45) is 22.4 Å². The lowest BCUT2D eigenvalue weighted by atomic mass is 9.40. The molecule has 43 heavy (non-hydrogen) atoms. The Kier molecular flexibility index (Phi) is 6.54. The van der Waals surface area contributed by atoms with E-state index in [1.165, 1.54) is 22.3 Å². The van der Waals surface area contributed by atoms with Gasteiger partial charge in [-0.15, -0.1) is 0 Å². The van der Waals surface area contributed by atoms with Gasteiger partial charge in [0.25, 0.3) is 0 Å². The van der Waals surface area contributed by atoms with E-state index in [1.54, 1.807) is 0 Å². The Morgan fingerprint density at radius 2 is 1.56 bits per heavy atom. The third-order valence-corrected chi connectivity index (χ3v) is 9.22. The van der Waals surface area contributed by atoms with Crippen LogP contribution in [0.5, 0.6) is 11.5 Å². The van der Waals surface area contributed by atoms with Crippen molar-refractivity contribution in [1.29, 1.82) is 0 Å². The highest BCUT2D eigenvalue weighted by Crippen LogP contribution is 2.69. The minimum Gasteiger partial charge on any atom is -0.491 e. The Bertz CT molecular complexity index is 1570. The summed E-state index contributed by atoms with van der Waals surface area (Å²) < 4.78 is 22.4. The Morgan fingerprint density at radius 1 is 0.907 bits per heavy atom. The number of hydrogen-bond acceptors (Lipinski definition) is 6. The average Bonchev–Trinajstić information content (AvgIpc) is 3.97. The summed E-state index contributed by atoms with van der Waals surface area (Å²) in [6, 6.07) is 16.2. The molecule has 2 aliphatic heterocycles. The molecule has 0 radical (unpaired) electrons. The molecule has 1 spiro atoms. The maximum absolute atomic E-state index is 5.90. The maximum Gasteiger partial charge on any atom is 0.119 e. The van der Waals surface area contributed by atoms with Crippen molar-refractivity contribution in [2.75, 3.05) is 31.4 Å². The van der Waals surface area contributed by atoms with Crippen molar-refractivity contribution in [1.82, 2.24) is 0 Å². The van der Waals surface area contributed by atoms with Gasteiger partial charge in [0.1, 0.15) is 36.9 Å². The molecular formula is C37H34N2O4. The fourth-order valence-electron chi connectivity index (χ4n) is 6.86. The zero-order valence-electron chi connectivity index (χ0n) is 24.0. The van der Waals surface area contributed by atoms with Gasteiger partial charge in [-0.2, -0.15) is 5.10 Å². The third kappa shape index (κ3) is 4.81. The SMILES string of the molecule is C=C/C=C\C1=C(C=NN(c2ccc(OCC3CO3)cc2)c2ccc(OCC3CO3)cc2)C2CC34C(=CC=CC23)C=CC=C14. The monoisotopic (exact) mass is 570 g/mol. The molecule has 5 atom stereocenters. The van der Waals surface area contributed by atoms with E-state index in [4.69, 9.17) is 24.0 Å². The molecule has 9 rings (SSSR count). The average molecular weight is 571 g/mol. The van der Waals surface area contributed by atoms with E-state index in [-0.39, 0.29) is 17.6 Å². The molecule has 3 fully saturated rings. The first-order valence-electron chi connectivity index (χ1n) is 15.1. The van der Waals surface area contributed by atoms with Crippen LogP contribution in [0.4, 0.5) is 11.4 Å². The first kappa shape index (κ1) is 26.3. The van der Waals surface area contributed by atoms with E-state index in [1.807, 2.05) is 65.7 Å². The zero-order chi connectivity index (χ0) is 28.8. The van der Waals surface area contributed by atoms with Crippen molar-refractivity contribution in [3.8, 4) is 11.5 Å². The van der Waals surface area contributed by atoms with E-state index < -0.39 is 0 Å². The summed E-state index contributed by atoms with van der Waals surface area (Å²) in [5.41, 5.74) is 7.27. The van der Waals surface area contributed by atoms with Gasteiger partial charge in [-0.25, -0.2) is 5.01 Å². The van der Waals surface area contributed by atoms with Gasteiger partial charge in [0.15, 0.2) is 0 Å². The second kappa shape index (κ2) is 10.7. The molecule has 2 heterocycles. The summed E-state index contributed by atoms with van der Waals surface area (Å²) in [5.74, 6) is 2.48. The molecule has 2 bridgehead atoms. The molecule has 0 aromatic heterocycles. The van der Waals surface area contributed by atoms with Crippen LogP contribution in [0, 0.1) is 17.3 Å². The largest absolute Gasteiger partial charge is 0.491 e. The molecule has 7 aliphatic rings. The standard InChI is InChI=1S/C37H34N2O4/c1-2-3-8-32-34(33-19-37-25(6-4-9-35(32)37)7-5-10-36(33)37)20-38-39(26-11-15-28(16-12-26)40-21-30-23-42-30)27-13-17-29(18-14-27)41-22-31-24-43-31/h2-18,20,30-31,33,36H,1,19,21-24H2/b8-3-,38-20?. The maximum atomic E-state index is 5.90. The van der Waals surface area contributed by atoms with Crippen molar-refractivity contribution in [2.45, 2.75) is 18.6 Å². The molecule has 6 nitrogen and oxygen atoms in total. The third-order valence-electron chi connectivity index (χ3n) is 9.22. The molecule has 6 heteroatoms. The van der Waals surface area contributed by atoms with Crippen molar-refractivity contribution in [3.05, 3.63) is 132 Å². The summed E-state index contributed by atoms with van der Waals surface area (Å²) in [4.78, 5) is 0. The van der Waals surface area contributed by atoms with Gasteiger partial charge in [-0.05, 0) is 89.1 Å². The molecule has 2 saturated heterocycles. The lowest BCUT2D eigenvalue weighted by molar-refractivity contribution is 0.0811. The highest BCUT2D eigenvalue weighted by molar-refractivity contribution is 5.88. The van der Waals surface area contributed by atoms with Gasteiger partial charge in [-0.3, -0.25) is 0 Å². The first-order chi connectivity index (χ1) is 21.2. The number of epoxide rings is 2. The van der Waals surface area contributed by atoms with Crippen LogP contribution < -0.4 is 14.5 Å². The van der Waals surface area contributed by atoms with E-state index in [9.17, 15) is 0 Å². The first-order valence-corrected chi connectivity index (χ1v) is 15.1. The molecule has 1 saturated carbocycles. The van der Waals surface area contributed by atoms with Crippen molar-refractivity contribution in [3.63, 3.8) is 0 Å². The van der Waals surface area contributed by atoms with Crippen molar-refractivity contribution < 1.29 is 18.9 Å². The van der Waals surface area contributed by atoms with Crippen LogP contribution in [-0.2, 0) is 9.47 Å². The molecule has 5 unspecified atom stereocenters. The van der Waals surface area contributed by atoms with E-state index >= 15 is 0 Å². The number of rotatable bonds is 12. The Hall–Kier alpha value is -4.39. The van der Waals surface area contributed by atoms with Crippen LogP contribution in [0.1, 0.15) is 6.42 Å². The Balaban J connectivity index is 1.15. The quantitative estimate of drug-likeness (QED) is 0.119. The van der Waals surface area contributed by atoms with Crippen LogP contribution in [0.3, 0.4) is 0 Å².